The van der Waals surface area contributed by atoms with E-state index >= 15 is 0 Å². The van der Waals surface area contributed by atoms with Crippen LogP contribution in [0.4, 0.5) is 0 Å². The van der Waals surface area contributed by atoms with E-state index in [0.29, 0.717) is 5.92 Å². The van der Waals surface area contributed by atoms with Crippen molar-refractivity contribution in [2.24, 2.45) is 11.1 Å². The number of aliphatic hydroxyl groups is 1. The molecule has 3 rings (SSSR count). The van der Waals surface area contributed by atoms with E-state index in [9.17, 15) is 13.5 Å². The maximum absolute atomic E-state index is 12.0. The maximum Gasteiger partial charge on any atom is 0.227 e. The van der Waals surface area contributed by atoms with Gasteiger partial charge in [-0.2, -0.15) is 0 Å². The Kier molecular flexibility index (Phi) is 3.07. The molecule has 0 radical (unpaired) electrons. The zero-order valence-corrected chi connectivity index (χ0v) is 11.7. The van der Waals surface area contributed by atoms with Crippen molar-refractivity contribution in [3.8, 4) is 0 Å². The normalized spacial score (nSPS) is 29.8. The molecule has 1 saturated carbocycles. The Labute approximate surface area is 117 Å². The van der Waals surface area contributed by atoms with Crippen LogP contribution >= 0.6 is 0 Å². The largest absolute Gasteiger partial charge is 0.387 e. The van der Waals surface area contributed by atoms with Gasteiger partial charge in [-0.05, 0) is 18.8 Å². The molecule has 1 heterocycles. The van der Waals surface area contributed by atoms with Gasteiger partial charge < -0.3 is 9.67 Å². The van der Waals surface area contributed by atoms with E-state index in [4.69, 9.17) is 5.14 Å². The molecule has 3 N–H and O–H groups in total. The summed E-state index contributed by atoms with van der Waals surface area (Å²) in [5.41, 5.74) is 0.258. The van der Waals surface area contributed by atoms with Crippen LogP contribution in [-0.2, 0) is 21.3 Å². The molecule has 0 aromatic carbocycles. The van der Waals surface area contributed by atoms with Gasteiger partial charge in [0.2, 0.25) is 10.0 Å². The van der Waals surface area contributed by atoms with E-state index in [0.717, 1.165) is 6.54 Å². The lowest BCUT2D eigenvalue weighted by molar-refractivity contribution is 0.185. The minimum absolute atomic E-state index is 0.258. The first kappa shape index (κ1) is 13.5. The fourth-order valence-corrected chi connectivity index (χ4v) is 3.60. The number of imidazole rings is 1. The number of hydrogen-bond donors (Lipinski definition) is 2. The summed E-state index contributed by atoms with van der Waals surface area (Å²) in [6, 6.07) is 0. The van der Waals surface area contributed by atoms with Gasteiger partial charge in [-0.15, -0.1) is 0 Å². The van der Waals surface area contributed by atoms with Gasteiger partial charge in [-0.3, -0.25) is 0 Å². The summed E-state index contributed by atoms with van der Waals surface area (Å²) in [5, 5.41) is 15.5. The molecule has 7 heteroatoms. The number of hydrogen-bond acceptors (Lipinski definition) is 4. The number of allylic oxidation sites excluding steroid dienone is 2. The van der Waals surface area contributed by atoms with Gasteiger partial charge in [-0.25, -0.2) is 18.5 Å². The SMILES string of the molecule is NS(=O)(=O)C1(c2cn(CC3CC3)cn2)C=CC=CC1O. The van der Waals surface area contributed by atoms with Crippen molar-refractivity contribution in [2.45, 2.75) is 30.2 Å². The Hall–Kier alpha value is -1.44. The quantitative estimate of drug-likeness (QED) is 0.832. The minimum Gasteiger partial charge on any atom is -0.387 e. The molecular weight excluding hydrogens is 278 g/mol. The topological polar surface area (TPSA) is 98.2 Å². The van der Waals surface area contributed by atoms with E-state index < -0.39 is 20.9 Å². The number of sulfonamides is 1. The van der Waals surface area contributed by atoms with Crippen LogP contribution in [0.2, 0.25) is 0 Å². The van der Waals surface area contributed by atoms with Crippen LogP contribution in [0.1, 0.15) is 18.5 Å². The third-order valence-electron chi connectivity index (χ3n) is 3.86. The molecule has 1 aromatic rings. The third-order valence-corrected chi connectivity index (χ3v) is 5.39. The van der Waals surface area contributed by atoms with Crippen molar-refractivity contribution in [2.75, 3.05) is 0 Å². The fraction of sp³-hybridized carbons (Fsp3) is 0.462. The van der Waals surface area contributed by atoms with E-state index in [2.05, 4.69) is 4.98 Å². The molecule has 6 nitrogen and oxygen atoms in total. The van der Waals surface area contributed by atoms with Gasteiger partial charge in [0, 0.05) is 12.7 Å². The van der Waals surface area contributed by atoms with E-state index in [1.54, 1.807) is 24.7 Å². The standard InChI is InChI=1S/C13H17N3O3S/c14-20(18,19)13(6-2-1-3-12(13)17)11-8-16(9-15-11)7-10-4-5-10/h1-3,6,8-10,12,17H,4-5,7H2,(H2,14,18,19). The van der Waals surface area contributed by atoms with Gasteiger partial charge >= 0.3 is 0 Å². The van der Waals surface area contributed by atoms with Crippen LogP contribution in [0.25, 0.3) is 0 Å². The van der Waals surface area contributed by atoms with Crippen molar-refractivity contribution < 1.29 is 13.5 Å². The highest BCUT2D eigenvalue weighted by atomic mass is 32.2. The monoisotopic (exact) mass is 295 g/mol. The fourth-order valence-electron chi connectivity index (χ4n) is 2.52. The van der Waals surface area contributed by atoms with Gasteiger partial charge in [0.15, 0.2) is 4.75 Å². The second kappa shape index (κ2) is 4.54. The van der Waals surface area contributed by atoms with Crippen molar-refractivity contribution in [3.63, 3.8) is 0 Å². The summed E-state index contributed by atoms with van der Waals surface area (Å²) in [7, 11) is -4.05. The van der Waals surface area contributed by atoms with Crippen LogP contribution in [0.5, 0.6) is 0 Å². The first-order chi connectivity index (χ1) is 9.43. The van der Waals surface area contributed by atoms with Gasteiger partial charge in [-0.1, -0.05) is 24.3 Å². The average molecular weight is 295 g/mol. The Morgan fingerprint density at radius 1 is 1.45 bits per heavy atom. The molecule has 0 amide bonds. The lowest BCUT2D eigenvalue weighted by atomic mass is 9.93. The van der Waals surface area contributed by atoms with E-state index in [-0.39, 0.29) is 5.69 Å². The summed E-state index contributed by atoms with van der Waals surface area (Å²) in [6.45, 7) is 0.823. The lowest BCUT2D eigenvalue weighted by Gasteiger charge is -2.31. The van der Waals surface area contributed by atoms with Crippen molar-refractivity contribution in [3.05, 3.63) is 42.5 Å². The Balaban J connectivity index is 2.03. The lowest BCUT2D eigenvalue weighted by Crippen LogP contribution is -2.48. The number of aromatic nitrogens is 2. The number of nitrogens with two attached hydrogens (primary N) is 1. The minimum atomic E-state index is -4.05. The summed E-state index contributed by atoms with van der Waals surface area (Å²) >= 11 is 0. The number of nitrogens with zero attached hydrogens (tertiary/aromatic N) is 2. The maximum atomic E-state index is 12.0. The van der Waals surface area contributed by atoms with Crippen LogP contribution < -0.4 is 5.14 Å². The second-order valence-corrected chi connectivity index (χ2v) is 7.19. The summed E-state index contributed by atoms with van der Waals surface area (Å²) in [6.07, 6.45) is 10.4. The second-order valence-electron chi connectivity index (χ2n) is 5.43. The molecule has 108 valence electrons. The zero-order valence-electron chi connectivity index (χ0n) is 10.9. The summed E-state index contributed by atoms with van der Waals surface area (Å²) < 4.78 is 24.3. The Bertz CT molecular complexity index is 673. The molecule has 0 spiro atoms. The highest BCUT2D eigenvalue weighted by Crippen LogP contribution is 2.36. The zero-order chi connectivity index (χ0) is 14.4. The number of primary sulfonamides is 1. The summed E-state index contributed by atoms with van der Waals surface area (Å²) in [4.78, 5) is 4.17. The van der Waals surface area contributed by atoms with Gasteiger partial charge in [0.05, 0.1) is 12.0 Å². The van der Waals surface area contributed by atoms with Crippen LogP contribution in [0.15, 0.2) is 36.8 Å². The smallest absolute Gasteiger partial charge is 0.227 e. The molecule has 20 heavy (non-hydrogen) atoms. The Morgan fingerprint density at radius 3 is 2.80 bits per heavy atom. The summed E-state index contributed by atoms with van der Waals surface area (Å²) in [5.74, 6) is 0.647. The predicted octanol–water partition coefficient (Wildman–Crippen LogP) is 0.264. The molecule has 0 saturated heterocycles. The van der Waals surface area contributed by atoms with Crippen LogP contribution in [0, 0.1) is 5.92 Å². The molecule has 2 unspecified atom stereocenters. The molecule has 2 aliphatic carbocycles. The first-order valence-electron chi connectivity index (χ1n) is 6.52. The molecule has 0 aliphatic heterocycles. The molecule has 2 aliphatic rings. The number of aliphatic hydroxyl groups excluding tert-OH is 1. The first-order valence-corrected chi connectivity index (χ1v) is 8.07. The molecular formula is C13H17N3O3S. The van der Waals surface area contributed by atoms with Gasteiger partial charge in [0.1, 0.15) is 6.10 Å². The van der Waals surface area contributed by atoms with Crippen molar-refractivity contribution >= 4 is 10.0 Å². The average Bonchev–Trinajstić information content (AvgIpc) is 3.05. The van der Waals surface area contributed by atoms with Crippen LogP contribution in [-0.4, -0.2) is 29.2 Å². The molecule has 1 aromatic heterocycles. The highest BCUT2D eigenvalue weighted by molar-refractivity contribution is 7.90. The molecule has 2 atom stereocenters. The number of rotatable bonds is 4. The van der Waals surface area contributed by atoms with Gasteiger partial charge in [0.25, 0.3) is 0 Å². The third kappa shape index (κ3) is 2.11. The van der Waals surface area contributed by atoms with Crippen molar-refractivity contribution in [1.82, 2.24) is 9.55 Å². The highest BCUT2D eigenvalue weighted by Gasteiger charge is 2.49. The predicted molar refractivity (Wildman–Crippen MR) is 74.0 cm³/mol. The molecule has 0 bridgehead atoms. The van der Waals surface area contributed by atoms with Crippen LogP contribution in [0.3, 0.4) is 0 Å². The van der Waals surface area contributed by atoms with E-state index in [1.807, 2.05) is 4.57 Å². The molecule has 1 fully saturated rings. The van der Waals surface area contributed by atoms with Crippen molar-refractivity contribution in [1.29, 1.82) is 0 Å². The van der Waals surface area contributed by atoms with E-state index in [1.165, 1.54) is 25.0 Å². The Morgan fingerprint density at radius 2 is 2.20 bits per heavy atom.